The number of ether oxygens (including phenoxy) is 1. The van der Waals surface area contributed by atoms with E-state index in [1.54, 1.807) is 12.3 Å². The van der Waals surface area contributed by atoms with Crippen molar-refractivity contribution in [3.05, 3.63) is 49.1 Å². The average Bonchev–Trinajstić information content (AvgIpc) is 3.59. The van der Waals surface area contributed by atoms with E-state index in [1.807, 2.05) is 42.1 Å². The molecule has 4 fully saturated rings. The third-order valence-electron chi connectivity index (χ3n) is 11.5. The number of likely N-dealkylation sites (tertiary alicyclic amines) is 1. The zero-order valence-electron chi connectivity index (χ0n) is 29.3. The molecule has 0 aromatic carbocycles. The molecule has 6 atom stereocenters. The fourth-order valence-electron chi connectivity index (χ4n) is 8.43. The van der Waals surface area contributed by atoms with Gasteiger partial charge in [-0.1, -0.05) is 13.0 Å². The third-order valence-corrected chi connectivity index (χ3v) is 14.6. The van der Waals surface area contributed by atoms with E-state index in [4.69, 9.17) is 14.7 Å². The first-order chi connectivity index (χ1) is 23.9. The Morgan fingerprint density at radius 1 is 1.08 bits per heavy atom. The van der Waals surface area contributed by atoms with Crippen LogP contribution in [0.1, 0.15) is 71.0 Å². The summed E-state index contributed by atoms with van der Waals surface area (Å²) in [5.74, 6) is 1.37. The lowest BCUT2D eigenvalue weighted by atomic mass is 9.83. The van der Waals surface area contributed by atoms with Crippen molar-refractivity contribution in [1.82, 2.24) is 24.8 Å². The number of methoxy groups -OCH3 is 1. The van der Waals surface area contributed by atoms with Crippen molar-refractivity contribution < 1.29 is 22.3 Å². The Balaban J connectivity index is 1.21. The average molecular weight is 707 g/mol. The molecule has 4 unspecified atom stereocenters. The second kappa shape index (κ2) is 13.3. The Bertz CT molecular complexity index is 1890. The van der Waals surface area contributed by atoms with Gasteiger partial charge in [0.05, 0.1) is 46.3 Å². The summed E-state index contributed by atoms with van der Waals surface area (Å²) in [5.41, 5.74) is 1.67. The van der Waals surface area contributed by atoms with E-state index < -0.39 is 26.9 Å². The summed E-state index contributed by atoms with van der Waals surface area (Å²) in [6.07, 6.45) is 9.57. The molecule has 0 saturated carbocycles. The molecular weight excluding hydrogens is 660 g/mol. The highest BCUT2D eigenvalue weighted by atomic mass is 32.2. The predicted molar refractivity (Wildman–Crippen MR) is 192 cm³/mol. The van der Waals surface area contributed by atoms with Crippen LogP contribution in [0.3, 0.4) is 0 Å². The van der Waals surface area contributed by atoms with Gasteiger partial charge in [0, 0.05) is 61.9 Å². The van der Waals surface area contributed by atoms with E-state index in [1.165, 1.54) is 13.2 Å². The van der Waals surface area contributed by atoms with Gasteiger partial charge in [0.15, 0.2) is 9.84 Å². The van der Waals surface area contributed by atoms with Crippen LogP contribution >= 0.6 is 0 Å². The number of sulfone groups is 1. The number of carbonyl (C=O) groups is 1. The minimum atomic E-state index is -3.28. The normalized spacial score (nSPS) is 29.1. The van der Waals surface area contributed by atoms with Crippen LogP contribution < -0.4 is 15.1 Å². The minimum absolute atomic E-state index is 0.0000347. The Morgan fingerprint density at radius 3 is 2.64 bits per heavy atom. The number of anilines is 4. The van der Waals surface area contributed by atoms with E-state index in [9.17, 15) is 17.6 Å². The summed E-state index contributed by atoms with van der Waals surface area (Å²) in [7, 11) is -1.75. The van der Waals surface area contributed by atoms with Crippen LogP contribution in [0.2, 0.25) is 0 Å². The van der Waals surface area contributed by atoms with Crippen molar-refractivity contribution in [1.29, 1.82) is 0 Å². The Hall–Kier alpha value is -3.91. The van der Waals surface area contributed by atoms with Crippen LogP contribution in [-0.2, 0) is 19.4 Å². The summed E-state index contributed by atoms with van der Waals surface area (Å²) in [5, 5.41) is 4.69. The zero-order chi connectivity index (χ0) is 35.4. The number of halogens is 1. The number of hydrogen-bond donors (Lipinski definition) is 1. The van der Waals surface area contributed by atoms with Crippen LogP contribution in [0.4, 0.5) is 27.7 Å². The van der Waals surface area contributed by atoms with Gasteiger partial charge in [-0.3, -0.25) is 9.78 Å². The van der Waals surface area contributed by atoms with Gasteiger partial charge in [0.1, 0.15) is 17.8 Å². The maximum atomic E-state index is 14.7. The fraction of sp³-hybridized carbons (Fsp3) is 0.583. The molecule has 7 rings (SSSR count). The molecule has 1 amide bonds. The second-order valence-electron chi connectivity index (χ2n) is 14.7. The maximum absolute atomic E-state index is 14.7. The van der Waals surface area contributed by atoms with Crippen molar-refractivity contribution in [3.63, 3.8) is 0 Å². The van der Waals surface area contributed by atoms with Gasteiger partial charge in [-0.15, -0.1) is 0 Å². The molecule has 12 nitrogen and oxygen atoms in total. The zero-order valence-corrected chi connectivity index (χ0v) is 30.1. The third kappa shape index (κ3) is 5.97. The van der Waals surface area contributed by atoms with Gasteiger partial charge in [0.2, 0.25) is 11.9 Å². The molecular formula is C36H47FN8O4S. The molecule has 4 saturated heterocycles. The quantitative estimate of drug-likeness (QED) is 0.312. The number of rotatable bonds is 8. The van der Waals surface area contributed by atoms with E-state index in [2.05, 4.69) is 33.7 Å². The van der Waals surface area contributed by atoms with Gasteiger partial charge < -0.3 is 24.8 Å². The number of carbonyl (C=O) groups excluding carboxylic acids is 1. The largest absolute Gasteiger partial charge is 0.378 e. The highest BCUT2D eigenvalue weighted by Crippen LogP contribution is 2.46. The van der Waals surface area contributed by atoms with E-state index in [0.29, 0.717) is 56.5 Å². The number of piperidine rings is 1. The smallest absolute Gasteiger partial charge is 0.246 e. The Labute approximate surface area is 293 Å². The molecule has 14 heteroatoms. The Kier molecular flexibility index (Phi) is 9.21. The SMILES string of the molecule is C=CC(=O)N1CCCC1c1ncc(N2CC(C3CCCC(C)(C)S3(=O)=O)C2C)c2cnc(Nc3ccnc(N4CC[C@@H](OC)[C@@H](F)C4)n3)cc12. The van der Waals surface area contributed by atoms with Crippen LogP contribution in [0.15, 0.2) is 43.4 Å². The molecule has 50 heavy (non-hydrogen) atoms. The number of hydrogen-bond acceptors (Lipinski definition) is 11. The molecule has 0 radical (unpaired) electrons. The standard InChI is InChI=1S/C36H47FN8O4S/c1-6-33(46)44-15-8-9-27(44)34-23-17-32(41-31-11-14-38-35(42-31)43-16-12-29(49-5)26(37)21-43)39-18-24(23)28(19-40-34)45-20-25(22(45)2)30-10-7-13-36(3,4)50(30,47)48/h6,11,14,17-19,22,25-27,29-30H,1,7-10,12-13,15-16,20-21H2,2-5H3,(H,38,39,41,42)/t22?,25?,26-,27?,29+,30?/m0/s1. The number of alkyl halides is 1. The lowest BCUT2D eigenvalue weighted by molar-refractivity contribution is -0.126. The highest BCUT2D eigenvalue weighted by Gasteiger charge is 2.52. The lowest BCUT2D eigenvalue weighted by Gasteiger charge is -2.53. The van der Waals surface area contributed by atoms with Crippen molar-refractivity contribution in [3.8, 4) is 0 Å². The first-order valence-corrected chi connectivity index (χ1v) is 19.2. The molecule has 7 heterocycles. The summed E-state index contributed by atoms with van der Waals surface area (Å²) < 4.78 is 46.4. The molecule has 1 N–H and O–H groups in total. The van der Waals surface area contributed by atoms with Crippen molar-refractivity contribution in [2.75, 3.05) is 48.4 Å². The van der Waals surface area contributed by atoms with Gasteiger partial charge >= 0.3 is 0 Å². The molecule has 0 aliphatic carbocycles. The van der Waals surface area contributed by atoms with Gasteiger partial charge in [-0.05, 0) is 71.1 Å². The molecule has 0 bridgehead atoms. The van der Waals surface area contributed by atoms with Gasteiger partial charge in [-0.25, -0.2) is 22.8 Å². The van der Waals surface area contributed by atoms with Crippen LogP contribution in [-0.4, -0.2) is 101 Å². The molecule has 4 aliphatic heterocycles. The minimum Gasteiger partial charge on any atom is -0.378 e. The molecule has 3 aromatic heterocycles. The molecule has 4 aliphatic rings. The van der Waals surface area contributed by atoms with Gasteiger partial charge in [0.25, 0.3) is 0 Å². The molecule has 0 spiro atoms. The number of nitrogens with zero attached hydrogens (tertiary/aromatic N) is 7. The Morgan fingerprint density at radius 2 is 1.90 bits per heavy atom. The second-order valence-corrected chi connectivity index (χ2v) is 17.5. The van der Waals surface area contributed by atoms with Crippen LogP contribution in [0.25, 0.3) is 10.8 Å². The summed E-state index contributed by atoms with van der Waals surface area (Å²) in [6.45, 7) is 11.5. The monoisotopic (exact) mass is 706 g/mol. The van der Waals surface area contributed by atoms with Gasteiger partial charge in [-0.2, -0.15) is 4.98 Å². The lowest BCUT2D eigenvalue weighted by Crippen LogP contribution is -2.63. The summed E-state index contributed by atoms with van der Waals surface area (Å²) >= 11 is 0. The number of nitrogens with one attached hydrogen (secondary N) is 1. The van der Waals surface area contributed by atoms with Crippen LogP contribution in [0.5, 0.6) is 0 Å². The van der Waals surface area contributed by atoms with Crippen molar-refractivity contribution >= 4 is 49.8 Å². The van der Waals surface area contributed by atoms with E-state index in [-0.39, 0.29) is 35.7 Å². The van der Waals surface area contributed by atoms with Crippen molar-refractivity contribution in [2.24, 2.45) is 5.92 Å². The van der Waals surface area contributed by atoms with E-state index >= 15 is 0 Å². The maximum Gasteiger partial charge on any atom is 0.246 e. The topological polar surface area (TPSA) is 134 Å². The number of amides is 1. The number of fused-ring (bicyclic) bond motifs is 1. The van der Waals surface area contributed by atoms with E-state index in [0.717, 1.165) is 41.4 Å². The number of aromatic nitrogens is 4. The first kappa shape index (κ1) is 34.5. The highest BCUT2D eigenvalue weighted by molar-refractivity contribution is 7.93. The van der Waals surface area contributed by atoms with Crippen molar-refractivity contribution in [2.45, 2.75) is 93.7 Å². The molecule has 3 aromatic rings. The summed E-state index contributed by atoms with van der Waals surface area (Å²) in [6, 6.07) is 3.46. The summed E-state index contributed by atoms with van der Waals surface area (Å²) in [4.78, 5) is 37.6. The molecule has 268 valence electrons. The number of pyridine rings is 2. The van der Waals surface area contributed by atoms with Crippen LogP contribution in [0, 0.1) is 5.92 Å². The fourth-order valence-corrected chi connectivity index (χ4v) is 10.9. The predicted octanol–water partition coefficient (Wildman–Crippen LogP) is 5.15. The first-order valence-electron chi connectivity index (χ1n) is 17.7.